The summed E-state index contributed by atoms with van der Waals surface area (Å²) in [5, 5.41) is 0. The number of benzene rings is 3. The van der Waals surface area contributed by atoms with Crippen molar-refractivity contribution in [3.05, 3.63) is 83.4 Å². The minimum absolute atomic E-state index is 0.0587. The van der Waals surface area contributed by atoms with Crippen LogP contribution in [0.5, 0.6) is 5.75 Å². The zero-order valence-corrected chi connectivity index (χ0v) is 16.4. The summed E-state index contributed by atoms with van der Waals surface area (Å²) in [5.74, 6) is -0.825. The van der Waals surface area contributed by atoms with Crippen molar-refractivity contribution in [3.63, 3.8) is 0 Å². The molecular weight excluding hydrogens is 398 g/mol. The number of rotatable bonds is 5. The number of hydrogen-bond acceptors (Lipinski definition) is 4. The third-order valence-corrected chi connectivity index (χ3v) is 6.04. The number of aryl methyl sites for hydroxylation is 1. The van der Waals surface area contributed by atoms with Gasteiger partial charge in [0.25, 0.3) is 10.1 Å². The Kier molecular flexibility index (Phi) is 5.10. The van der Waals surface area contributed by atoms with Gasteiger partial charge in [-0.25, -0.2) is 8.78 Å². The van der Waals surface area contributed by atoms with Gasteiger partial charge in [-0.15, -0.1) is 0 Å². The molecule has 1 heterocycles. The van der Waals surface area contributed by atoms with Gasteiger partial charge in [0.1, 0.15) is 18.5 Å². The van der Waals surface area contributed by atoms with E-state index < -0.39 is 22.0 Å². The summed E-state index contributed by atoms with van der Waals surface area (Å²) >= 11 is 0. The molecule has 3 aromatic carbocycles. The molecule has 0 aliphatic carbocycles. The van der Waals surface area contributed by atoms with Crippen molar-refractivity contribution in [2.45, 2.75) is 24.3 Å². The van der Waals surface area contributed by atoms with Gasteiger partial charge in [0.15, 0.2) is 11.6 Å². The van der Waals surface area contributed by atoms with Gasteiger partial charge in [0.2, 0.25) is 0 Å². The summed E-state index contributed by atoms with van der Waals surface area (Å²) in [6.45, 7) is 1.63. The molecule has 1 unspecified atom stereocenters. The molecule has 1 aliphatic heterocycles. The molecule has 0 saturated heterocycles. The Morgan fingerprint density at radius 3 is 2.38 bits per heavy atom. The highest BCUT2D eigenvalue weighted by molar-refractivity contribution is 7.86. The highest BCUT2D eigenvalue weighted by Crippen LogP contribution is 2.36. The Hall–Kier alpha value is -2.77. The van der Waals surface area contributed by atoms with Crippen LogP contribution in [-0.4, -0.2) is 21.1 Å². The van der Waals surface area contributed by atoms with E-state index in [1.165, 1.54) is 30.3 Å². The van der Waals surface area contributed by atoms with Crippen molar-refractivity contribution in [1.29, 1.82) is 0 Å². The number of halogens is 2. The first-order valence-electron chi connectivity index (χ1n) is 9.03. The molecule has 0 amide bonds. The van der Waals surface area contributed by atoms with Crippen molar-refractivity contribution in [3.8, 4) is 16.9 Å². The van der Waals surface area contributed by atoms with E-state index in [2.05, 4.69) is 0 Å². The molecule has 1 aliphatic rings. The highest BCUT2D eigenvalue weighted by atomic mass is 32.2. The Labute approximate surface area is 167 Å². The lowest BCUT2D eigenvalue weighted by Crippen LogP contribution is -2.23. The van der Waals surface area contributed by atoms with Gasteiger partial charge in [-0.05, 0) is 54.4 Å². The van der Waals surface area contributed by atoms with Gasteiger partial charge in [-0.3, -0.25) is 4.18 Å². The molecule has 0 saturated carbocycles. The first kappa shape index (κ1) is 19.5. The van der Waals surface area contributed by atoms with E-state index in [0.29, 0.717) is 23.1 Å². The SMILES string of the molecule is Cc1ccc(S(=O)(=O)OCC2Cc3cc(-c4ccc(F)cc4)cc(F)c3O2)cc1. The van der Waals surface area contributed by atoms with Crippen molar-refractivity contribution in [2.24, 2.45) is 0 Å². The predicted octanol–water partition coefficient (Wildman–Crippen LogP) is 4.65. The first-order chi connectivity index (χ1) is 13.8. The molecule has 0 radical (unpaired) electrons. The van der Waals surface area contributed by atoms with E-state index in [1.807, 2.05) is 6.92 Å². The third kappa shape index (κ3) is 4.16. The molecule has 0 aromatic heterocycles. The first-order valence-corrected chi connectivity index (χ1v) is 10.4. The fourth-order valence-electron chi connectivity index (χ4n) is 3.23. The molecule has 29 heavy (non-hydrogen) atoms. The van der Waals surface area contributed by atoms with E-state index in [9.17, 15) is 17.2 Å². The average Bonchev–Trinajstić information content (AvgIpc) is 3.11. The summed E-state index contributed by atoms with van der Waals surface area (Å²) in [6.07, 6.45) is -0.312. The Balaban J connectivity index is 1.48. The van der Waals surface area contributed by atoms with Gasteiger partial charge in [-0.2, -0.15) is 8.42 Å². The molecule has 1 atom stereocenters. The van der Waals surface area contributed by atoms with Gasteiger partial charge in [0.05, 0.1) is 4.90 Å². The minimum atomic E-state index is -3.93. The average molecular weight is 416 g/mol. The third-order valence-electron chi connectivity index (χ3n) is 4.75. The van der Waals surface area contributed by atoms with Crippen LogP contribution in [-0.2, 0) is 20.7 Å². The number of fused-ring (bicyclic) bond motifs is 1. The lowest BCUT2D eigenvalue weighted by atomic mass is 10.0. The van der Waals surface area contributed by atoms with Gasteiger partial charge in [0, 0.05) is 12.0 Å². The van der Waals surface area contributed by atoms with E-state index in [-0.39, 0.29) is 23.1 Å². The smallest absolute Gasteiger partial charge is 0.297 e. The van der Waals surface area contributed by atoms with Crippen LogP contribution >= 0.6 is 0 Å². The number of hydrogen-bond donors (Lipinski definition) is 0. The quantitative estimate of drug-likeness (QED) is 0.568. The van der Waals surface area contributed by atoms with Gasteiger partial charge >= 0.3 is 0 Å². The normalized spacial score (nSPS) is 15.8. The van der Waals surface area contributed by atoms with Crippen molar-refractivity contribution < 1.29 is 26.1 Å². The Bertz CT molecular complexity index is 1140. The summed E-state index contributed by atoms with van der Waals surface area (Å²) < 4.78 is 63.0. The molecule has 0 fully saturated rings. The predicted molar refractivity (Wildman–Crippen MR) is 104 cm³/mol. The standard InChI is InChI=1S/C22H18F2O4S/c1-14-2-8-20(9-3-14)29(25,26)27-13-19-11-17-10-16(12-21(24)22(17)28-19)15-4-6-18(23)7-5-15/h2-10,12,19H,11,13H2,1H3. The van der Waals surface area contributed by atoms with Crippen molar-refractivity contribution in [1.82, 2.24) is 0 Å². The van der Waals surface area contributed by atoms with E-state index in [4.69, 9.17) is 8.92 Å². The fourth-order valence-corrected chi connectivity index (χ4v) is 4.16. The molecular formula is C22H18F2O4S. The van der Waals surface area contributed by atoms with Crippen molar-refractivity contribution in [2.75, 3.05) is 6.61 Å². The van der Waals surface area contributed by atoms with Crippen LogP contribution in [0.4, 0.5) is 8.78 Å². The van der Waals surface area contributed by atoms with Crippen molar-refractivity contribution >= 4 is 10.1 Å². The molecule has 150 valence electrons. The molecule has 3 aromatic rings. The van der Waals surface area contributed by atoms with Crippen LogP contribution in [0.3, 0.4) is 0 Å². The zero-order chi connectivity index (χ0) is 20.6. The second-order valence-corrected chi connectivity index (χ2v) is 8.56. The topological polar surface area (TPSA) is 52.6 Å². The highest BCUT2D eigenvalue weighted by Gasteiger charge is 2.29. The maximum Gasteiger partial charge on any atom is 0.297 e. The van der Waals surface area contributed by atoms with Crippen LogP contribution in [0, 0.1) is 18.6 Å². The maximum atomic E-state index is 14.5. The van der Waals surface area contributed by atoms with Gasteiger partial charge < -0.3 is 4.74 Å². The van der Waals surface area contributed by atoms with Crippen LogP contribution in [0.15, 0.2) is 65.6 Å². The van der Waals surface area contributed by atoms with E-state index in [1.54, 1.807) is 30.3 Å². The second kappa shape index (κ2) is 7.57. The summed E-state index contributed by atoms with van der Waals surface area (Å²) in [5.41, 5.74) is 2.82. The van der Waals surface area contributed by atoms with Crippen LogP contribution in [0.2, 0.25) is 0 Å². The summed E-state index contributed by atoms with van der Waals surface area (Å²) in [6, 6.07) is 15.2. The molecule has 0 spiro atoms. The van der Waals surface area contributed by atoms with Crippen LogP contribution < -0.4 is 4.74 Å². The molecule has 0 N–H and O–H groups in total. The monoisotopic (exact) mass is 416 g/mol. The van der Waals surface area contributed by atoms with E-state index >= 15 is 0 Å². The lowest BCUT2D eigenvalue weighted by molar-refractivity contribution is 0.148. The van der Waals surface area contributed by atoms with Crippen LogP contribution in [0.25, 0.3) is 11.1 Å². The largest absolute Gasteiger partial charge is 0.484 e. The zero-order valence-electron chi connectivity index (χ0n) is 15.6. The minimum Gasteiger partial charge on any atom is -0.484 e. The lowest BCUT2D eigenvalue weighted by Gasteiger charge is -2.12. The Morgan fingerprint density at radius 2 is 1.69 bits per heavy atom. The maximum absolute atomic E-state index is 14.5. The summed E-state index contributed by atoms with van der Waals surface area (Å²) in [7, 11) is -3.93. The summed E-state index contributed by atoms with van der Waals surface area (Å²) in [4.78, 5) is 0.0587. The molecule has 4 rings (SSSR count). The fraction of sp³-hybridized carbons (Fsp3) is 0.182. The molecule has 4 nitrogen and oxygen atoms in total. The second-order valence-electron chi connectivity index (χ2n) is 6.95. The molecule has 0 bridgehead atoms. The van der Waals surface area contributed by atoms with E-state index in [0.717, 1.165) is 5.56 Å². The van der Waals surface area contributed by atoms with Crippen LogP contribution in [0.1, 0.15) is 11.1 Å². The van der Waals surface area contributed by atoms with Gasteiger partial charge in [-0.1, -0.05) is 29.8 Å². The number of ether oxygens (including phenoxy) is 1. The Morgan fingerprint density at radius 1 is 1.00 bits per heavy atom. The molecule has 7 heteroatoms.